The van der Waals surface area contributed by atoms with E-state index in [2.05, 4.69) is 5.32 Å². The van der Waals surface area contributed by atoms with Gasteiger partial charge in [0.05, 0.1) is 22.9 Å². The molecular formula is C15H20N2O3S. The fourth-order valence-corrected chi connectivity index (χ4v) is 4.95. The molecular weight excluding hydrogens is 288 g/mol. The van der Waals surface area contributed by atoms with Crippen molar-refractivity contribution >= 4 is 27.1 Å². The number of hydrogen-bond donors (Lipinski definition) is 1. The molecule has 0 spiro atoms. The molecule has 2 aliphatic heterocycles. The minimum absolute atomic E-state index is 0.0223. The Labute approximate surface area is 125 Å². The summed E-state index contributed by atoms with van der Waals surface area (Å²) in [5.74, 6) is 0.398. The lowest BCUT2D eigenvalue weighted by atomic mass is 10.0. The van der Waals surface area contributed by atoms with Crippen LogP contribution >= 0.6 is 0 Å². The molecule has 0 bridgehead atoms. The van der Waals surface area contributed by atoms with E-state index in [9.17, 15) is 13.2 Å². The van der Waals surface area contributed by atoms with Gasteiger partial charge in [-0.05, 0) is 30.9 Å². The smallest absolute Gasteiger partial charge is 0.227 e. The lowest BCUT2D eigenvalue weighted by molar-refractivity contribution is -0.119. The molecule has 1 unspecified atom stereocenters. The van der Waals surface area contributed by atoms with Gasteiger partial charge in [0.2, 0.25) is 5.91 Å². The van der Waals surface area contributed by atoms with Gasteiger partial charge in [0.1, 0.15) is 0 Å². The Morgan fingerprint density at radius 3 is 2.90 bits per heavy atom. The molecule has 1 fully saturated rings. The summed E-state index contributed by atoms with van der Waals surface area (Å²) in [6, 6.07) is 7.79. The van der Waals surface area contributed by atoms with Gasteiger partial charge in [-0.25, -0.2) is 8.42 Å². The summed E-state index contributed by atoms with van der Waals surface area (Å²) < 4.78 is 23.0. The lowest BCUT2D eigenvalue weighted by Crippen LogP contribution is -2.33. The molecule has 1 amide bonds. The second kappa shape index (κ2) is 5.67. The van der Waals surface area contributed by atoms with Crippen LogP contribution in [0.15, 0.2) is 24.3 Å². The molecule has 2 aliphatic rings. The summed E-state index contributed by atoms with van der Waals surface area (Å²) in [6.07, 6.45) is 1.83. The number of anilines is 2. The Morgan fingerprint density at radius 2 is 2.14 bits per heavy atom. The third-order valence-corrected chi connectivity index (χ3v) is 6.00. The minimum atomic E-state index is -2.92. The molecule has 1 aromatic carbocycles. The zero-order chi connectivity index (χ0) is 14.9. The van der Waals surface area contributed by atoms with Gasteiger partial charge in [0, 0.05) is 19.5 Å². The molecule has 1 aromatic rings. The van der Waals surface area contributed by atoms with Crippen LogP contribution in [0.4, 0.5) is 11.4 Å². The highest BCUT2D eigenvalue weighted by molar-refractivity contribution is 7.91. The van der Waals surface area contributed by atoms with Gasteiger partial charge in [-0.1, -0.05) is 12.1 Å². The molecule has 0 aliphatic carbocycles. The summed E-state index contributed by atoms with van der Waals surface area (Å²) in [6.45, 7) is 1.53. The van der Waals surface area contributed by atoms with Crippen molar-refractivity contribution in [2.24, 2.45) is 5.92 Å². The van der Waals surface area contributed by atoms with E-state index >= 15 is 0 Å². The van der Waals surface area contributed by atoms with Gasteiger partial charge in [-0.15, -0.1) is 0 Å². The van der Waals surface area contributed by atoms with E-state index in [4.69, 9.17) is 0 Å². The van der Waals surface area contributed by atoms with E-state index < -0.39 is 9.84 Å². The number of carbonyl (C=O) groups is 1. The average molecular weight is 308 g/mol. The van der Waals surface area contributed by atoms with Crippen molar-refractivity contribution in [2.45, 2.75) is 19.3 Å². The number of para-hydroxylation sites is 2. The SMILES string of the molecule is O=C(CC1CCS(=O)(=O)C1)N1CCCNc2ccccc21. The zero-order valence-electron chi connectivity index (χ0n) is 11.9. The Kier molecular flexibility index (Phi) is 3.89. The highest BCUT2D eigenvalue weighted by Gasteiger charge is 2.31. The highest BCUT2D eigenvalue weighted by atomic mass is 32.2. The van der Waals surface area contributed by atoms with Gasteiger partial charge in [0.25, 0.3) is 0 Å². The number of hydrogen-bond acceptors (Lipinski definition) is 4. The van der Waals surface area contributed by atoms with Crippen LogP contribution in [-0.2, 0) is 14.6 Å². The van der Waals surface area contributed by atoms with Gasteiger partial charge >= 0.3 is 0 Å². The largest absolute Gasteiger partial charge is 0.383 e. The molecule has 114 valence electrons. The quantitative estimate of drug-likeness (QED) is 0.902. The molecule has 1 atom stereocenters. The van der Waals surface area contributed by atoms with Crippen molar-refractivity contribution in [1.82, 2.24) is 0 Å². The van der Waals surface area contributed by atoms with Crippen LogP contribution in [0.2, 0.25) is 0 Å². The van der Waals surface area contributed by atoms with Crippen LogP contribution in [0.3, 0.4) is 0 Å². The van der Waals surface area contributed by atoms with E-state index in [0.29, 0.717) is 19.4 Å². The van der Waals surface area contributed by atoms with Crippen LogP contribution < -0.4 is 10.2 Å². The van der Waals surface area contributed by atoms with Gasteiger partial charge < -0.3 is 10.2 Å². The number of benzene rings is 1. The van der Waals surface area contributed by atoms with Crippen molar-refractivity contribution in [3.63, 3.8) is 0 Å². The highest BCUT2D eigenvalue weighted by Crippen LogP contribution is 2.30. The van der Waals surface area contributed by atoms with Crippen molar-refractivity contribution < 1.29 is 13.2 Å². The lowest BCUT2D eigenvalue weighted by Gasteiger charge is -2.23. The second-order valence-electron chi connectivity index (χ2n) is 5.82. The summed E-state index contributed by atoms with van der Waals surface area (Å²) in [5, 5.41) is 3.33. The van der Waals surface area contributed by atoms with Gasteiger partial charge in [0.15, 0.2) is 9.84 Å². The molecule has 5 nitrogen and oxygen atoms in total. The number of carbonyl (C=O) groups excluding carboxylic acids is 1. The Bertz CT molecular complexity index is 642. The minimum Gasteiger partial charge on any atom is -0.383 e. The predicted molar refractivity (Wildman–Crippen MR) is 83.3 cm³/mol. The maximum absolute atomic E-state index is 12.6. The molecule has 21 heavy (non-hydrogen) atoms. The number of rotatable bonds is 2. The Hall–Kier alpha value is -1.56. The fourth-order valence-electron chi connectivity index (χ4n) is 3.09. The maximum Gasteiger partial charge on any atom is 0.227 e. The van der Waals surface area contributed by atoms with E-state index in [0.717, 1.165) is 24.3 Å². The van der Waals surface area contributed by atoms with Crippen molar-refractivity contribution in [2.75, 3.05) is 34.8 Å². The molecule has 6 heteroatoms. The number of sulfone groups is 1. The normalized spacial score (nSPS) is 24.0. The predicted octanol–water partition coefficient (Wildman–Crippen LogP) is 1.66. The summed E-state index contributed by atoms with van der Waals surface area (Å²) in [5.41, 5.74) is 1.88. The third-order valence-electron chi connectivity index (χ3n) is 4.16. The van der Waals surface area contributed by atoms with E-state index in [1.165, 1.54) is 0 Å². The molecule has 1 saturated heterocycles. The van der Waals surface area contributed by atoms with Crippen LogP contribution in [0.1, 0.15) is 19.3 Å². The first-order valence-corrected chi connectivity index (χ1v) is 9.21. The average Bonchev–Trinajstić information content (AvgIpc) is 2.68. The molecule has 2 heterocycles. The van der Waals surface area contributed by atoms with Crippen LogP contribution in [0.5, 0.6) is 0 Å². The van der Waals surface area contributed by atoms with E-state index in [-0.39, 0.29) is 23.3 Å². The topological polar surface area (TPSA) is 66.5 Å². The molecule has 1 N–H and O–H groups in total. The number of nitrogens with one attached hydrogen (secondary N) is 1. The Morgan fingerprint density at radius 1 is 1.33 bits per heavy atom. The first-order valence-electron chi connectivity index (χ1n) is 7.39. The Balaban J connectivity index is 1.75. The van der Waals surface area contributed by atoms with Crippen molar-refractivity contribution in [1.29, 1.82) is 0 Å². The second-order valence-corrected chi connectivity index (χ2v) is 8.04. The van der Waals surface area contributed by atoms with E-state index in [1.807, 2.05) is 24.3 Å². The first kappa shape index (κ1) is 14.4. The molecule has 0 saturated carbocycles. The summed E-state index contributed by atoms with van der Waals surface area (Å²) in [7, 11) is -2.92. The van der Waals surface area contributed by atoms with Gasteiger partial charge in [-0.2, -0.15) is 0 Å². The molecule has 0 radical (unpaired) electrons. The number of amides is 1. The first-order chi connectivity index (χ1) is 10.1. The van der Waals surface area contributed by atoms with Gasteiger partial charge in [-0.3, -0.25) is 4.79 Å². The number of fused-ring (bicyclic) bond motifs is 1. The molecule has 3 rings (SSSR count). The maximum atomic E-state index is 12.6. The zero-order valence-corrected chi connectivity index (χ0v) is 12.7. The van der Waals surface area contributed by atoms with Crippen molar-refractivity contribution in [3.05, 3.63) is 24.3 Å². The molecule has 0 aromatic heterocycles. The number of nitrogens with zero attached hydrogens (tertiary/aromatic N) is 1. The third kappa shape index (κ3) is 3.20. The fraction of sp³-hybridized carbons (Fsp3) is 0.533. The monoisotopic (exact) mass is 308 g/mol. The summed E-state index contributed by atoms with van der Waals surface area (Å²) >= 11 is 0. The summed E-state index contributed by atoms with van der Waals surface area (Å²) in [4.78, 5) is 14.4. The van der Waals surface area contributed by atoms with Crippen LogP contribution in [-0.4, -0.2) is 38.9 Å². The van der Waals surface area contributed by atoms with Crippen LogP contribution in [0, 0.1) is 5.92 Å². The standard InChI is InChI=1S/C15H20N2O3S/c18-15(10-12-6-9-21(19,20)11-12)17-8-3-7-16-13-4-1-2-5-14(13)17/h1-2,4-5,12,16H,3,6-11H2. The van der Waals surface area contributed by atoms with Crippen LogP contribution in [0.25, 0.3) is 0 Å². The van der Waals surface area contributed by atoms with E-state index in [1.54, 1.807) is 4.90 Å². The van der Waals surface area contributed by atoms with Crippen molar-refractivity contribution in [3.8, 4) is 0 Å².